The molecule has 2 N–H and O–H groups in total. The second-order valence-corrected chi connectivity index (χ2v) is 2.75. The first-order chi connectivity index (χ1) is 7.60. The molecule has 0 saturated heterocycles. The van der Waals surface area contributed by atoms with E-state index in [0.29, 0.717) is 0 Å². The number of methoxy groups -OCH3 is 1. The van der Waals surface area contributed by atoms with Crippen molar-refractivity contribution in [2.24, 2.45) is 0 Å². The van der Waals surface area contributed by atoms with Gasteiger partial charge in [0.2, 0.25) is 0 Å². The standard InChI is InChI=1S/C10H8N2O4/c1-16-7-4-2-3-6(5-11)8(7)12-9(13)10(14)15/h2-4H,1H3,(H,12,13)(H,14,15). The predicted octanol–water partition coefficient (Wildman–Crippen LogP) is 0.590. The third-order valence-corrected chi connectivity index (χ3v) is 1.80. The van der Waals surface area contributed by atoms with Gasteiger partial charge in [-0.15, -0.1) is 0 Å². The van der Waals surface area contributed by atoms with Crippen LogP contribution in [-0.4, -0.2) is 24.1 Å². The molecule has 0 saturated carbocycles. The van der Waals surface area contributed by atoms with Crippen molar-refractivity contribution in [3.8, 4) is 11.8 Å². The number of rotatable bonds is 2. The zero-order chi connectivity index (χ0) is 12.1. The van der Waals surface area contributed by atoms with Crippen LogP contribution in [0.1, 0.15) is 5.56 Å². The zero-order valence-corrected chi connectivity index (χ0v) is 8.35. The van der Waals surface area contributed by atoms with Gasteiger partial charge in [-0.3, -0.25) is 4.79 Å². The number of ether oxygens (including phenoxy) is 1. The number of nitriles is 1. The lowest BCUT2D eigenvalue weighted by Gasteiger charge is -2.09. The van der Waals surface area contributed by atoms with E-state index < -0.39 is 11.9 Å². The number of carboxylic acids is 1. The molecule has 1 rings (SSSR count). The average Bonchev–Trinajstić information content (AvgIpc) is 2.29. The summed E-state index contributed by atoms with van der Waals surface area (Å²) in [6.07, 6.45) is 0. The first-order valence-corrected chi connectivity index (χ1v) is 4.21. The van der Waals surface area contributed by atoms with Gasteiger partial charge < -0.3 is 15.2 Å². The fourth-order valence-corrected chi connectivity index (χ4v) is 1.09. The van der Waals surface area contributed by atoms with Crippen LogP contribution in [-0.2, 0) is 9.59 Å². The molecule has 0 aliphatic heterocycles. The van der Waals surface area contributed by atoms with E-state index in [1.807, 2.05) is 6.07 Å². The highest BCUT2D eigenvalue weighted by molar-refractivity contribution is 6.36. The third kappa shape index (κ3) is 2.27. The average molecular weight is 220 g/mol. The number of carboxylic acid groups (broad SMARTS) is 1. The molecule has 0 radical (unpaired) electrons. The number of carbonyl (C=O) groups excluding carboxylic acids is 1. The Labute approximate surface area is 91.1 Å². The minimum absolute atomic E-state index is 0.0555. The van der Waals surface area contributed by atoms with Crippen LogP contribution < -0.4 is 10.1 Å². The number of amides is 1. The molecular weight excluding hydrogens is 212 g/mol. The summed E-state index contributed by atoms with van der Waals surface area (Å²) in [5, 5.41) is 19.3. The lowest BCUT2D eigenvalue weighted by Crippen LogP contribution is -2.22. The Morgan fingerprint density at radius 2 is 2.19 bits per heavy atom. The second kappa shape index (κ2) is 4.79. The molecule has 0 spiro atoms. The predicted molar refractivity (Wildman–Crippen MR) is 54.0 cm³/mol. The van der Waals surface area contributed by atoms with Crippen molar-refractivity contribution in [1.29, 1.82) is 5.26 Å². The smallest absolute Gasteiger partial charge is 0.394 e. The van der Waals surface area contributed by atoms with Crippen molar-refractivity contribution in [2.45, 2.75) is 0 Å². The molecule has 16 heavy (non-hydrogen) atoms. The number of hydrogen-bond donors (Lipinski definition) is 2. The van der Waals surface area contributed by atoms with Gasteiger partial charge in [0.05, 0.1) is 12.7 Å². The van der Waals surface area contributed by atoms with Gasteiger partial charge in [0.25, 0.3) is 0 Å². The Kier molecular flexibility index (Phi) is 3.45. The van der Waals surface area contributed by atoms with Crippen molar-refractivity contribution in [2.75, 3.05) is 12.4 Å². The van der Waals surface area contributed by atoms with Crippen LogP contribution in [0.5, 0.6) is 5.75 Å². The number of para-hydroxylation sites is 1. The molecule has 1 aromatic rings. The summed E-state index contributed by atoms with van der Waals surface area (Å²) >= 11 is 0. The van der Waals surface area contributed by atoms with E-state index in [1.54, 1.807) is 6.07 Å². The molecule has 0 heterocycles. The van der Waals surface area contributed by atoms with Gasteiger partial charge in [0.1, 0.15) is 17.5 Å². The van der Waals surface area contributed by atoms with Crippen molar-refractivity contribution in [3.05, 3.63) is 23.8 Å². The van der Waals surface area contributed by atoms with E-state index in [-0.39, 0.29) is 17.0 Å². The maximum absolute atomic E-state index is 11.0. The van der Waals surface area contributed by atoms with E-state index in [2.05, 4.69) is 5.32 Å². The van der Waals surface area contributed by atoms with E-state index in [4.69, 9.17) is 15.1 Å². The Hall–Kier alpha value is -2.55. The van der Waals surface area contributed by atoms with Gasteiger partial charge in [0.15, 0.2) is 0 Å². The Morgan fingerprint density at radius 3 is 2.69 bits per heavy atom. The SMILES string of the molecule is COc1cccc(C#N)c1NC(=O)C(=O)O. The first-order valence-electron chi connectivity index (χ1n) is 4.21. The maximum atomic E-state index is 11.0. The number of hydrogen-bond acceptors (Lipinski definition) is 4. The number of anilines is 1. The van der Waals surface area contributed by atoms with E-state index >= 15 is 0 Å². The quantitative estimate of drug-likeness (QED) is 0.710. The Bertz CT molecular complexity index is 476. The molecular formula is C10H8N2O4. The van der Waals surface area contributed by atoms with Crippen LogP contribution in [0.25, 0.3) is 0 Å². The summed E-state index contributed by atoms with van der Waals surface area (Å²) in [6.45, 7) is 0. The van der Waals surface area contributed by atoms with E-state index in [0.717, 1.165) is 0 Å². The number of nitrogens with zero attached hydrogens (tertiary/aromatic N) is 1. The summed E-state index contributed by atoms with van der Waals surface area (Å²) < 4.78 is 4.91. The van der Waals surface area contributed by atoms with Gasteiger partial charge in [-0.25, -0.2) is 4.79 Å². The highest BCUT2D eigenvalue weighted by Crippen LogP contribution is 2.27. The molecule has 0 aromatic heterocycles. The minimum atomic E-state index is -1.63. The second-order valence-electron chi connectivity index (χ2n) is 2.75. The molecule has 6 heteroatoms. The van der Waals surface area contributed by atoms with Crippen LogP contribution in [0.3, 0.4) is 0 Å². The van der Waals surface area contributed by atoms with Gasteiger partial charge >= 0.3 is 11.9 Å². The summed E-state index contributed by atoms with van der Waals surface area (Å²) in [6, 6.07) is 6.35. The highest BCUT2D eigenvalue weighted by Gasteiger charge is 2.16. The molecule has 0 unspecified atom stereocenters. The summed E-state index contributed by atoms with van der Waals surface area (Å²) in [7, 11) is 1.35. The summed E-state index contributed by atoms with van der Waals surface area (Å²) in [5.74, 6) is -2.62. The lowest BCUT2D eigenvalue weighted by molar-refractivity contribution is -0.147. The lowest BCUT2D eigenvalue weighted by atomic mass is 10.2. The molecule has 0 bridgehead atoms. The fraction of sp³-hybridized carbons (Fsp3) is 0.100. The van der Waals surface area contributed by atoms with Crippen LogP contribution in [0, 0.1) is 11.3 Å². The normalized spacial score (nSPS) is 9.00. The number of aliphatic carboxylic acids is 1. The van der Waals surface area contributed by atoms with E-state index in [1.165, 1.54) is 19.2 Å². The van der Waals surface area contributed by atoms with Crippen molar-refractivity contribution in [1.82, 2.24) is 0 Å². The van der Waals surface area contributed by atoms with E-state index in [9.17, 15) is 9.59 Å². The molecule has 82 valence electrons. The third-order valence-electron chi connectivity index (χ3n) is 1.80. The molecule has 1 amide bonds. The van der Waals surface area contributed by atoms with Gasteiger partial charge in [-0.1, -0.05) is 6.07 Å². The van der Waals surface area contributed by atoms with Crippen molar-refractivity contribution < 1.29 is 19.4 Å². The fourth-order valence-electron chi connectivity index (χ4n) is 1.09. The number of carbonyl (C=O) groups is 2. The minimum Gasteiger partial charge on any atom is -0.495 e. The van der Waals surface area contributed by atoms with Gasteiger partial charge in [-0.2, -0.15) is 5.26 Å². The van der Waals surface area contributed by atoms with Gasteiger partial charge in [0, 0.05) is 0 Å². The highest BCUT2D eigenvalue weighted by atomic mass is 16.5. The largest absolute Gasteiger partial charge is 0.495 e. The van der Waals surface area contributed by atoms with Crippen molar-refractivity contribution in [3.63, 3.8) is 0 Å². The molecule has 0 atom stereocenters. The zero-order valence-electron chi connectivity index (χ0n) is 8.35. The first kappa shape index (κ1) is 11.5. The topological polar surface area (TPSA) is 99.4 Å². The molecule has 6 nitrogen and oxygen atoms in total. The van der Waals surface area contributed by atoms with Gasteiger partial charge in [-0.05, 0) is 12.1 Å². The van der Waals surface area contributed by atoms with Crippen LogP contribution >= 0.6 is 0 Å². The number of nitrogens with one attached hydrogen (secondary N) is 1. The Balaban J connectivity index is 3.15. The summed E-state index contributed by atoms with van der Waals surface area (Å²) in [5.41, 5.74) is 0.189. The maximum Gasteiger partial charge on any atom is 0.394 e. The number of benzene rings is 1. The Morgan fingerprint density at radius 1 is 1.50 bits per heavy atom. The van der Waals surface area contributed by atoms with Crippen LogP contribution in [0.2, 0.25) is 0 Å². The molecule has 0 aliphatic rings. The molecule has 0 fully saturated rings. The van der Waals surface area contributed by atoms with Crippen molar-refractivity contribution >= 4 is 17.6 Å². The molecule has 0 aliphatic carbocycles. The molecule has 1 aromatic carbocycles. The summed E-state index contributed by atoms with van der Waals surface area (Å²) in [4.78, 5) is 21.3. The van der Waals surface area contributed by atoms with Crippen LogP contribution in [0.15, 0.2) is 18.2 Å². The monoisotopic (exact) mass is 220 g/mol. The van der Waals surface area contributed by atoms with Crippen LogP contribution in [0.4, 0.5) is 5.69 Å².